The molecule has 0 spiro atoms. The number of ketones is 2. The molecule has 0 amide bonds. The summed E-state index contributed by atoms with van der Waals surface area (Å²) in [4.78, 5) is 33.5. The summed E-state index contributed by atoms with van der Waals surface area (Å²) in [6, 6.07) is 0. The van der Waals surface area contributed by atoms with Gasteiger partial charge in [0.1, 0.15) is 11.6 Å². The molecule has 4 heteroatoms. The van der Waals surface area contributed by atoms with E-state index in [2.05, 4.69) is 0 Å². The molecule has 0 aromatic heterocycles. The monoisotopic (exact) mass is 310 g/mol. The fourth-order valence-electron chi connectivity index (χ4n) is 2.19. The lowest BCUT2D eigenvalue weighted by atomic mass is 10.0. The van der Waals surface area contributed by atoms with Gasteiger partial charge < -0.3 is 5.11 Å². The molecule has 0 rings (SSSR count). The van der Waals surface area contributed by atoms with Gasteiger partial charge in [0.2, 0.25) is 0 Å². The molecule has 0 heterocycles. The summed E-state index contributed by atoms with van der Waals surface area (Å²) >= 11 is 0. The van der Waals surface area contributed by atoms with Crippen LogP contribution in [0, 0.1) is 0 Å². The van der Waals surface area contributed by atoms with Gasteiger partial charge >= 0.3 is 5.97 Å². The van der Waals surface area contributed by atoms with E-state index in [0.717, 1.165) is 44.9 Å². The minimum Gasteiger partial charge on any atom is -0.481 e. The van der Waals surface area contributed by atoms with Crippen molar-refractivity contribution in [2.24, 2.45) is 0 Å². The Morgan fingerprint density at radius 3 is 1.86 bits per heavy atom. The first-order chi connectivity index (χ1) is 10.6. The van der Waals surface area contributed by atoms with Crippen molar-refractivity contribution in [3.63, 3.8) is 0 Å². The number of aliphatic carboxylic acids is 1. The number of rotatable bonds is 15. The summed E-state index contributed by atoms with van der Waals surface area (Å²) < 4.78 is 0. The van der Waals surface area contributed by atoms with Crippen LogP contribution in [0.25, 0.3) is 0 Å². The largest absolute Gasteiger partial charge is 0.481 e. The fraction of sp³-hybridized carbons (Fsp3) is 0.722. The average Bonchev–Trinajstić information content (AvgIpc) is 2.47. The lowest BCUT2D eigenvalue weighted by Crippen LogP contribution is -2.03. The second kappa shape index (κ2) is 14.5. The minimum atomic E-state index is -0.731. The van der Waals surface area contributed by atoms with Crippen LogP contribution in [0.5, 0.6) is 0 Å². The molecular formula is C18H30O4. The van der Waals surface area contributed by atoms with Crippen LogP contribution in [-0.2, 0) is 14.4 Å². The van der Waals surface area contributed by atoms with Crippen molar-refractivity contribution in [1.82, 2.24) is 0 Å². The van der Waals surface area contributed by atoms with E-state index < -0.39 is 5.97 Å². The highest BCUT2D eigenvalue weighted by Gasteiger charge is 2.06. The van der Waals surface area contributed by atoms with E-state index in [0.29, 0.717) is 25.7 Å². The molecule has 0 aliphatic rings. The molecule has 1 N–H and O–H groups in total. The van der Waals surface area contributed by atoms with E-state index in [-0.39, 0.29) is 18.0 Å². The predicted molar refractivity (Wildman–Crippen MR) is 87.9 cm³/mol. The van der Waals surface area contributed by atoms with Crippen molar-refractivity contribution < 1.29 is 19.5 Å². The standard InChI is InChI=1S/C18H30O4/c1-2-3-8-11-16(19)14-15-17(20)12-9-6-4-5-7-10-13-18(21)22/h3,8H,2,4-7,9-15H2,1H3,(H,21,22)/b8-3-. The molecule has 0 aliphatic carbocycles. The number of hydrogen-bond acceptors (Lipinski definition) is 3. The summed E-state index contributed by atoms with van der Waals surface area (Å²) in [6.07, 6.45) is 12.4. The molecule has 0 aromatic carbocycles. The van der Waals surface area contributed by atoms with Gasteiger partial charge in [-0.1, -0.05) is 44.8 Å². The molecule has 0 radical (unpaired) electrons. The second-order valence-electron chi connectivity index (χ2n) is 5.68. The quantitative estimate of drug-likeness (QED) is 0.358. The summed E-state index contributed by atoms with van der Waals surface area (Å²) in [5.41, 5.74) is 0. The number of carbonyl (C=O) groups is 3. The van der Waals surface area contributed by atoms with Crippen molar-refractivity contribution >= 4 is 17.5 Å². The van der Waals surface area contributed by atoms with E-state index in [4.69, 9.17) is 5.11 Å². The van der Waals surface area contributed by atoms with Crippen LogP contribution in [0.2, 0.25) is 0 Å². The molecule has 4 nitrogen and oxygen atoms in total. The lowest BCUT2D eigenvalue weighted by molar-refractivity contribution is -0.137. The van der Waals surface area contributed by atoms with Crippen molar-refractivity contribution in [3.05, 3.63) is 12.2 Å². The number of allylic oxidation sites excluding steroid dienone is 2. The predicted octanol–water partition coefficient (Wildman–Crippen LogP) is 4.47. The smallest absolute Gasteiger partial charge is 0.303 e. The van der Waals surface area contributed by atoms with Gasteiger partial charge in [-0.2, -0.15) is 0 Å². The van der Waals surface area contributed by atoms with Crippen LogP contribution in [0.1, 0.15) is 84.0 Å². The Hall–Kier alpha value is -1.45. The maximum absolute atomic E-state index is 11.7. The molecule has 0 bridgehead atoms. The number of unbranched alkanes of at least 4 members (excludes halogenated alkanes) is 5. The van der Waals surface area contributed by atoms with E-state index in [1.165, 1.54) is 0 Å². The zero-order chi connectivity index (χ0) is 16.6. The molecule has 0 saturated carbocycles. The topological polar surface area (TPSA) is 71.4 Å². The van der Waals surface area contributed by atoms with Gasteiger partial charge in [0.05, 0.1) is 0 Å². The van der Waals surface area contributed by atoms with Gasteiger partial charge in [0, 0.05) is 32.1 Å². The number of hydrogen-bond donors (Lipinski definition) is 1. The summed E-state index contributed by atoms with van der Waals surface area (Å²) in [5.74, 6) is -0.416. The zero-order valence-electron chi connectivity index (χ0n) is 13.8. The van der Waals surface area contributed by atoms with Crippen LogP contribution < -0.4 is 0 Å². The Morgan fingerprint density at radius 2 is 1.27 bits per heavy atom. The van der Waals surface area contributed by atoms with Crippen molar-refractivity contribution in [2.75, 3.05) is 0 Å². The first-order valence-electron chi connectivity index (χ1n) is 8.46. The van der Waals surface area contributed by atoms with Crippen LogP contribution in [0.3, 0.4) is 0 Å². The van der Waals surface area contributed by atoms with E-state index in [9.17, 15) is 14.4 Å². The van der Waals surface area contributed by atoms with E-state index in [1.54, 1.807) is 0 Å². The number of Topliss-reactive ketones (excluding diaryl/α,β-unsaturated/α-hetero) is 2. The summed E-state index contributed by atoms with van der Waals surface area (Å²) in [7, 11) is 0. The Morgan fingerprint density at radius 1 is 0.727 bits per heavy atom. The first kappa shape index (κ1) is 20.6. The van der Waals surface area contributed by atoms with Gasteiger partial charge in [-0.05, 0) is 19.3 Å². The van der Waals surface area contributed by atoms with Gasteiger partial charge in [-0.3, -0.25) is 14.4 Å². The fourth-order valence-corrected chi connectivity index (χ4v) is 2.19. The highest BCUT2D eigenvalue weighted by atomic mass is 16.4. The molecule has 0 atom stereocenters. The lowest BCUT2D eigenvalue weighted by Gasteiger charge is -2.02. The van der Waals surface area contributed by atoms with Gasteiger partial charge in [0.15, 0.2) is 0 Å². The Labute approximate surface area is 134 Å². The highest BCUT2D eigenvalue weighted by molar-refractivity contribution is 5.86. The molecule has 0 unspecified atom stereocenters. The molecule has 126 valence electrons. The zero-order valence-corrected chi connectivity index (χ0v) is 13.8. The van der Waals surface area contributed by atoms with Crippen molar-refractivity contribution in [3.8, 4) is 0 Å². The third-order valence-corrected chi connectivity index (χ3v) is 3.53. The molecule has 0 aromatic rings. The molecule has 0 aliphatic heterocycles. The summed E-state index contributed by atoms with van der Waals surface area (Å²) in [6.45, 7) is 2.02. The number of carboxylic acid groups (broad SMARTS) is 1. The van der Waals surface area contributed by atoms with Crippen LogP contribution in [0.4, 0.5) is 0 Å². The SMILES string of the molecule is CC/C=C\CC(=O)CCC(=O)CCCCCCCCC(=O)O. The van der Waals surface area contributed by atoms with Crippen LogP contribution in [0.15, 0.2) is 12.2 Å². The second-order valence-corrected chi connectivity index (χ2v) is 5.68. The van der Waals surface area contributed by atoms with Gasteiger partial charge in [-0.25, -0.2) is 0 Å². The average molecular weight is 310 g/mol. The van der Waals surface area contributed by atoms with E-state index in [1.807, 2.05) is 19.1 Å². The summed E-state index contributed by atoms with van der Waals surface area (Å²) in [5, 5.41) is 8.50. The van der Waals surface area contributed by atoms with Crippen LogP contribution in [-0.4, -0.2) is 22.6 Å². The first-order valence-corrected chi connectivity index (χ1v) is 8.46. The molecule has 22 heavy (non-hydrogen) atoms. The maximum atomic E-state index is 11.7. The number of carboxylic acids is 1. The van der Waals surface area contributed by atoms with Crippen molar-refractivity contribution in [2.45, 2.75) is 84.0 Å². The van der Waals surface area contributed by atoms with Crippen LogP contribution >= 0.6 is 0 Å². The Kier molecular flexibility index (Phi) is 13.5. The van der Waals surface area contributed by atoms with Gasteiger partial charge in [0.25, 0.3) is 0 Å². The minimum absolute atomic E-state index is 0.136. The van der Waals surface area contributed by atoms with Gasteiger partial charge in [-0.15, -0.1) is 0 Å². The Bertz CT molecular complexity index is 358. The normalized spacial score (nSPS) is 11.0. The maximum Gasteiger partial charge on any atom is 0.303 e. The van der Waals surface area contributed by atoms with Crippen molar-refractivity contribution in [1.29, 1.82) is 0 Å². The number of carbonyl (C=O) groups excluding carboxylic acids is 2. The highest BCUT2D eigenvalue weighted by Crippen LogP contribution is 2.10. The molecular weight excluding hydrogens is 280 g/mol. The Balaban J connectivity index is 3.41. The third-order valence-electron chi connectivity index (χ3n) is 3.53. The third kappa shape index (κ3) is 14.9. The molecule has 0 saturated heterocycles. The molecule has 0 fully saturated rings. The van der Waals surface area contributed by atoms with E-state index >= 15 is 0 Å².